The topological polar surface area (TPSA) is 28.7 Å². The Labute approximate surface area is 104 Å². The summed E-state index contributed by atoms with van der Waals surface area (Å²) in [5.74, 6) is 0.701. The number of imidazole rings is 1. The first-order valence-electron chi connectivity index (χ1n) is 5.45. The Kier molecular flexibility index (Phi) is 3.44. The molecule has 0 unspecified atom stereocenters. The minimum Gasteiger partial charge on any atom is -0.333 e. The van der Waals surface area contributed by atoms with Gasteiger partial charge in [0.2, 0.25) is 0 Å². The van der Waals surface area contributed by atoms with Crippen LogP contribution in [0.2, 0.25) is 0 Å². The summed E-state index contributed by atoms with van der Waals surface area (Å²) in [6.45, 7) is 4.47. The Bertz CT molecular complexity index is 457. The highest BCUT2D eigenvalue weighted by Crippen LogP contribution is 2.20. The Morgan fingerprint density at radius 1 is 1.25 bits per heavy atom. The summed E-state index contributed by atoms with van der Waals surface area (Å²) in [6, 6.07) is 8.64. The highest BCUT2D eigenvalue weighted by Gasteiger charge is 2.02. The number of hydrogen-bond acceptors (Lipinski definition) is 1. The number of halogens is 1. The quantitative estimate of drug-likeness (QED) is 0.902. The molecular weight excluding hydrogens is 264 g/mol. The highest BCUT2D eigenvalue weighted by atomic mass is 79.9. The maximum atomic E-state index is 4.12. The average Bonchev–Trinajstić information content (AvgIpc) is 2.65. The van der Waals surface area contributed by atoms with Gasteiger partial charge in [-0.15, -0.1) is 0 Å². The number of rotatable bonds is 3. The second-order valence-corrected chi connectivity index (χ2v) is 5.13. The van der Waals surface area contributed by atoms with Crippen molar-refractivity contribution in [2.75, 3.05) is 0 Å². The van der Waals surface area contributed by atoms with Crippen LogP contribution in [0.5, 0.6) is 0 Å². The van der Waals surface area contributed by atoms with Crippen LogP contribution in [-0.4, -0.2) is 9.97 Å². The second-order valence-electron chi connectivity index (χ2n) is 4.38. The third-order valence-corrected chi connectivity index (χ3v) is 2.86. The molecule has 0 atom stereocenters. The Morgan fingerprint density at radius 2 is 1.94 bits per heavy atom. The van der Waals surface area contributed by atoms with Gasteiger partial charge in [-0.2, -0.15) is 0 Å². The van der Waals surface area contributed by atoms with E-state index in [0.29, 0.717) is 5.92 Å². The lowest BCUT2D eigenvalue weighted by Gasteiger charge is -2.05. The lowest BCUT2D eigenvalue weighted by molar-refractivity contribution is 0.647. The van der Waals surface area contributed by atoms with Crippen molar-refractivity contribution in [3.63, 3.8) is 0 Å². The van der Waals surface area contributed by atoms with E-state index in [1.807, 2.05) is 6.20 Å². The van der Waals surface area contributed by atoms with Crippen LogP contribution in [0.3, 0.4) is 0 Å². The van der Waals surface area contributed by atoms with Crippen LogP contribution in [0.25, 0.3) is 11.3 Å². The van der Waals surface area contributed by atoms with Crippen molar-refractivity contribution >= 4 is 15.9 Å². The van der Waals surface area contributed by atoms with Gasteiger partial charge in [0.1, 0.15) is 0 Å². The fraction of sp³-hybridized carbons (Fsp3) is 0.308. The molecule has 1 aromatic carbocycles. The predicted octanol–water partition coefficient (Wildman–Crippen LogP) is 4.04. The molecule has 1 N–H and O–H groups in total. The number of nitrogens with zero attached hydrogens (tertiary/aromatic N) is 1. The molecule has 0 spiro atoms. The molecule has 0 fully saturated rings. The molecule has 0 aliphatic rings. The summed E-state index contributed by atoms with van der Waals surface area (Å²) >= 11 is 3.31. The number of benzene rings is 1. The van der Waals surface area contributed by atoms with E-state index in [0.717, 1.165) is 16.8 Å². The van der Waals surface area contributed by atoms with Gasteiger partial charge in [0.05, 0.1) is 11.9 Å². The number of H-pyrrole nitrogens is 1. The SMILES string of the molecule is CC(C)Cc1ccc(-c2cnc(Br)[nH]2)cc1. The fourth-order valence-corrected chi connectivity index (χ4v) is 2.05. The van der Waals surface area contributed by atoms with Gasteiger partial charge in [-0.05, 0) is 39.4 Å². The van der Waals surface area contributed by atoms with Crippen LogP contribution >= 0.6 is 15.9 Å². The van der Waals surface area contributed by atoms with Crippen molar-refractivity contribution in [2.45, 2.75) is 20.3 Å². The maximum Gasteiger partial charge on any atom is 0.174 e. The largest absolute Gasteiger partial charge is 0.333 e. The van der Waals surface area contributed by atoms with Crippen molar-refractivity contribution in [3.8, 4) is 11.3 Å². The van der Waals surface area contributed by atoms with E-state index in [2.05, 4.69) is 64.0 Å². The first kappa shape index (κ1) is 11.4. The van der Waals surface area contributed by atoms with Gasteiger partial charge in [-0.25, -0.2) is 4.98 Å². The van der Waals surface area contributed by atoms with E-state index in [4.69, 9.17) is 0 Å². The van der Waals surface area contributed by atoms with Gasteiger partial charge in [0, 0.05) is 0 Å². The maximum absolute atomic E-state index is 4.12. The molecule has 1 aromatic heterocycles. The minimum atomic E-state index is 0.701. The Morgan fingerprint density at radius 3 is 2.44 bits per heavy atom. The molecule has 0 radical (unpaired) electrons. The number of nitrogens with one attached hydrogen (secondary N) is 1. The molecule has 2 nitrogen and oxygen atoms in total. The molecule has 0 aliphatic heterocycles. The molecule has 84 valence electrons. The Hall–Kier alpha value is -1.09. The van der Waals surface area contributed by atoms with Gasteiger partial charge < -0.3 is 4.98 Å². The second kappa shape index (κ2) is 4.83. The smallest absolute Gasteiger partial charge is 0.174 e. The molecule has 3 heteroatoms. The normalized spacial score (nSPS) is 11.0. The van der Waals surface area contributed by atoms with Crippen molar-refractivity contribution in [3.05, 3.63) is 40.8 Å². The predicted molar refractivity (Wildman–Crippen MR) is 70.3 cm³/mol. The van der Waals surface area contributed by atoms with Crippen molar-refractivity contribution in [2.24, 2.45) is 5.92 Å². The summed E-state index contributed by atoms with van der Waals surface area (Å²) in [5.41, 5.74) is 3.60. The summed E-state index contributed by atoms with van der Waals surface area (Å²) in [4.78, 5) is 7.28. The molecule has 0 aliphatic carbocycles. The zero-order valence-corrected chi connectivity index (χ0v) is 11.1. The molecule has 2 rings (SSSR count). The molecule has 0 amide bonds. The number of hydrogen-bond donors (Lipinski definition) is 1. The van der Waals surface area contributed by atoms with E-state index in [-0.39, 0.29) is 0 Å². The average molecular weight is 279 g/mol. The molecule has 2 aromatic rings. The monoisotopic (exact) mass is 278 g/mol. The van der Waals surface area contributed by atoms with E-state index in [1.165, 1.54) is 11.1 Å². The first-order valence-corrected chi connectivity index (χ1v) is 6.24. The molecule has 0 saturated carbocycles. The van der Waals surface area contributed by atoms with Crippen LogP contribution in [0.15, 0.2) is 35.2 Å². The molecule has 16 heavy (non-hydrogen) atoms. The third kappa shape index (κ3) is 2.73. The highest BCUT2D eigenvalue weighted by molar-refractivity contribution is 9.10. The van der Waals surface area contributed by atoms with E-state index < -0.39 is 0 Å². The van der Waals surface area contributed by atoms with Crippen LogP contribution in [0.4, 0.5) is 0 Å². The van der Waals surface area contributed by atoms with Gasteiger partial charge in [0.25, 0.3) is 0 Å². The van der Waals surface area contributed by atoms with Gasteiger partial charge in [-0.1, -0.05) is 38.1 Å². The van der Waals surface area contributed by atoms with Crippen LogP contribution in [0.1, 0.15) is 19.4 Å². The molecular formula is C13H15BrN2. The van der Waals surface area contributed by atoms with Crippen molar-refractivity contribution in [1.29, 1.82) is 0 Å². The van der Waals surface area contributed by atoms with E-state index >= 15 is 0 Å². The van der Waals surface area contributed by atoms with Crippen LogP contribution < -0.4 is 0 Å². The number of aromatic amines is 1. The fourth-order valence-electron chi connectivity index (χ4n) is 1.74. The van der Waals surface area contributed by atoms with Crippen molar-refractivity contribution in [1.82, 2.24) is 9.97 Å². The minimum absolute atomic E-state index is 0.701. The van der Waals surface area contributed by atoms with Gasteiger partial charge >= 0.3 is 0 Å². The van der Waals surface area contributed by atoms with E-state index in [1.54, 1.807) is 0 Å². The molecule has 0 bridgehead atoms. The lowest BCUT2D eigenvalue weighted by Crippen LogP contribution is -1.93. The molecule has 0 saturated heterocycles. The standard InChI is InChI=1S/C13H15BrN2/c1-9(2)7-10-3-5-11(6-4-10)12-8-15-13(14)16-12/h3-6,8-9H,7H2,1-2H3,(H,15,16). The summed E-state index contributed by atoms with van der Waals surface area (Å²) < 4.78 is 0.772. The third-order valence-electron chi connectivity index (χ3n) is 2.45. The number of aromatic nitrogens is 2. The lowest BCUT2D eigenvalue weighted by atomic mass is 10.0. The first-order chi connectivity index (χ1) is 7.65. The summed E-state index contributed by atoms with van der Waals surface area (Å²) in [7, 11) is 0. The summed E-state index contributed by atoms with van der Waals surface area (Å²) in [6.07, 6.45) is 2.97. The Balaban J connectivity index is 2.19. The zero-order chi connectivity index (χ0) is 11.5. The zero-order valence-electron chi connectivity index (χ0n) is 9.50. The van der Waals surface area contributed by atoms with Gasteiger partial charge in [0.15, 0.2) is 4.73 Å². The molecule has 1 heterocycles. The van der Waals surface area contributed by atoms with E-state index in [9.17, 15) is 0 Å². The van der Waals surface area contributed by atoms with Crippen molar-refractivity contribution < 1.29 is 0 Å². The summed E-state index contributed by atoms with van der Waals surface area (Å²) in [5, 5.41) is 0. The van der Waals surface area contributed by atoms with Crippen LogP contribution in [0, 0.1) is 5.92 Å². The van der Waals surface area contributed by atoms with Crippen LogP contribution in [-0.2, 0) is 6.42 Å². The van der Waals surface area contributed by atoms with Gasteiger partial charge in [-0.3, -0.25) is 0 Å².